The standard InChI is InChI=1S/C5H8BrN3/c6-5-3-4(1-2-7)8-9-5/h3H,1-2,7H2,(H,8,9). The lowest BCUT2D eigenvalue weighted by atomic mass is 10.3. The molecule has 1 rings (SSSR count). The molecule has 0 bridgehead atoms. The van der Waals surface area contributed by atoms with Gasteiger partial charge in [0.25, 0.3) is 0 Å². The Morgan fingerprint density at radius 3 is 3.00 bits per heavy atom. The van der Waals surface area contributed by atoms with Crippen molar-refractivity contribution in [1.29, 1.82) is 0 Å². The van der Waals surface area contributed by atoms with Crippen LogP contribution in [0, 0.1) is 0 Å². The Kier molecular flexibility index (Phi) is 2.24. The van der Waals surface area contributed by atoms with E-state index in [4.69, 9.17) is 5.73 Å². The van der Waals surface area contributed by atoms with E-state index in [0.29, 0.717) is 6.54 Å². The van der Waals surface area contributed by atoms with Gasteiger partial charge in [-0.25, -0.2) is 0 Å². The third kappa shape index (κ3) is 1.80. The zero-order valence-electron chi connectivity index (χ0n) is 4.89. The highest BCUT2D eigenvalue weighted by Crippen LogP contribution is 2.05. The summed E-state index contributed by atoms with van der Waals surface area (Å²) < 4.78 is 0.839. The van der Waals surface area contributed by atoms with Crippen LogP contribution in [-0.4, -0.2) is 16.7 Å². The number of nitrogens with one attached hydrogen (secondary N) is 1. The van der Waals surface area contributed by atoms with Crippen LogP contribution in [0.25, 0.3) is 0 Å². The predicted octanol–water partition coefficient (Wildman–Crippen LogP) is 0.673. The zero-order valence-corrected chi connectivity index (χ0v) is 6.48. The summed E-state index contributed by atoms with van der Waals surface area (Å²) in [7, 11) is 0. The Hall–Kier alpha value is -0.350. The summed E-state index contributed by atoms with van der Waals surface area (Å²) in [5.41, 5.74) is 6.38. The Morgan fingerprint density at radius 2 is 2.56 bits per heavy atom. The van der Waals surface area contributed by atoms with E-state index in [2.05, 4.69) is 26.1 Å². The van der Waals surface area contributed by atoms with Crippen LogP contribution in [0.4, 0.5) is 0 Å². The molecular formula is C5H8BrN3. The highest BCUT2D eigenvalue weighted by atomic mass is 79.9. The number of nitrogens with two attached hydrogens (primary N) is 1. The first-order valence-corrected chi connectivity index (χ1v) is 3.52. The lowest BCUT2D eigenvalue weighted by Crippen LogP contribution is -2.02. The molecule has 1 aromatic heterocycles. The van der Waals surface area contributed by atoms with E-state index < -0.39 is 0 Å². The molecule has 3 nitrogen and oxygen atoms in total. The molecule has 0 aliphatic heterocycles. The van der Waals surface area contributed by atoms with Crippen LogP contribution in [-0.2, 0) is 6.42 Å². The average molecular weight is 190 g/mol. The van der Waals surface area contributed by atoms with Crippen LogP contribution < -0.4 is 5.73 Å². The minimum atomic E-state index is 0.661. The highest BCUT2D eigenvalue weighted by Gasteiger charge is 1.94. The van der Waals surface area contributed by atoms with Crippen molar-refractivity contribution < 1.29 is 0 Å². The van der Waals surface area contributed by atoms with Crippen molar-refractivity contribution in [3.8, 4) is 0 Å². The topological polar surface area (TPSA) is 54.7 Å². The molecule has 4 heteroatoms. The van der Waals surface area contributed by atoms with Crippen molar-refractivity contribution in [2.75, 3.05) is 6.54 Å². The number of aromatic nitrogens is 2. The third-order valence-electron chi connectivity index (χ3n) is 1.01. The summed E-state index contributed by atoms with van der Waals surface area (Å²) in [6.07, 6.45) is 0.860. The molecule has 50 valence electrons. The maximum absolute atomic E-state index is 5.31. The quantitative estimate of drug-likeness (QED) is 0.720. The number of H-pyrrole nitrogens is 1. The lowest BCUT2D eigenvalue weighted by molar-refractivity contribution is 0.899. The molecule has 0 atom stereocenters. The van der Waals surface area contributed by atoms with Crippen LogP contribution in [0.3, 0.4) is 0 Å². The minimum Gasteiger partial charge on any atom is -0.330 e. The number of rotatable bonds is 2. The van der Waals surface area contributed by atoms with Crippen molar-refractivity contribution in [2.45, 2.75) is 6.42 Å². The van der Waals surface area contributed by atoms with Gasteiger partial charge in [-0.1, -0.05) is 0 Å². The van der Waals surface area contributed by atoms with Crippen LogP contribution in [0.5, 0.6) is 0 Å². The molecule has 0 aliphatic carbocycles. The number of hydrogen-bond acceptors (Lipinski definition) is 2. The van der Waals surface area contributed by atoms with Crippen LogP contribution >= 0.6 is 15.9 Å². The van der Waals surface area contributed by atoms with Gasteiger partial charge < -0.3 is 5.73 Å². The van der Waals surface area contributed by atoms with Gasteiger partial charge in [-0.15, -0.1) is 0 Å². The van der Waals surface area contributed by atoms with Crippen molar-refractivity contribution in [2.24, 2.45) is 5.73 Å². The minimum absolute atomic E-state index is 0.661. The predicted molar refractivity (Wildman–Crippen MR) is 39.0 cm³/mol. The Labute approximate surface area is 61.8 Å². The van der Waals surface area contributed by atoms with Gasteiger partial charge >= 0.3 is 0 Å². The van der Waals surface area contributed by atoms with Gasteiger partial charge in [0.2, 0.25) is 0 Å². The first-order chi connectivity index (χ1) is 4.33. The van der Waals surface area contributed by atoms with Gasteiger partial charge in [-0.3, -0.25) is 5.10 Å². The van der Waals surface area contributed by atoms with E-state index in [9.17, 15) is 0 Å². The molecule has 0 aliphatic rings. The molecule has 3 N–H and O–H groups in total. The second kappa shape index (κ2) is 2.98. The molecular weight excluding hydrogens is 182 g/mol. The van der Waals surface area contributed by atoms with Crippen LogP contribution in [0.15, 0.2) is 10.7 Å². The summed E-state index contributed by atoms with van der Waals surface area (Å²) in [5, 5.41) is 6.70. The lowest BCUT2D eigenvalue weighted by Gasteiger charge is -1.86. The molecule has 0 aromatic carbocycles. The van der Waals surface area contributed by atoms with Crippen molar-refractivity contribution in [1.82, 2.24) is 10.2 Å². The summed E-state index contributed by atoms with van der Waals surface area (Å²) in [4.78, 5) is 0. The third-order valence-corrected chi connectivity index (χ3v) is 1.42. The van der Waals surface area contributed by atoms with E-state index in [1.54, 1.807) is 0 Å². The normalized spacial score (nSPS) is 10.0. The summed E-state index contributed by atoms with van der Waals surface area (Å²) in [6.45, 7) is 0.661. The van der Waals surface area contributed by atoms with E-state index >= 15 is 0 Å². The van der Waals surface area contributed by atoms with E-state index in [1.165, 1.54) is 0 Å². The Morgan fingerprint density at radius 1 is 1.78 bits per heavy atom. The molecule has 0 amide bonds. The largest absolute Gasteiger partial charge is 0.330 e. The van der Waals surface area contributed by atoms with E-state index in [-0.39, 0.29) is 0 Å². The first-order valence-electron chi connectivity index (χ1n) is 2.73. The smallest absolute Gasteiger partial charge is 0.128 e. The molecule has 0 saturated carbocycles. The fourth-order valence-electron chi connectivity index (χ4n) is 0.617. The molecule has 0 spiro atoms. The van der Waals surface area contributed by atoms with Gasteiger partial charge in [0.1, 0.15) is 4.60 Å². The Balaban J connectivity index is 2.61. The second-order valence-corrected chi connectivity index (χ2v) is 2.57. The van der Waals surface area contributed by atoms with Gasteiger partial charge in [-0.05, 0) is 28.5 Å². The fraction of sp³-hybridized carbons (Fsp3) is 0.400. The fourth-order valence-corrected chi connectivity index (χ4v) is 0.982. The first kappa shape index (κ1) is 6.77. The van der Waals surface area contributed by atoms with Gasteiger partial charge in [0.05, 0.1) is 0 Å². The second-order valence-electron chi connectivity index (χ2n) is 1.75. The highest BCUT2D eigenvalue weighted by molar-refractivity contribution is 9.10. The molecule has 0 saturated heterocycles. The molecule has 9 heavy (non-hydrogen) atoms. The molecule has 1 aromatic rings. The van der Waals surface area contributed by atoms with E-state index in [1.807, 2.05) is 6.07 Å². The van der Waals surface area contributed by atoms with Crippen LogP contribution in [0.1, 0.15) is 5.69 Å². The zero-order chi connectivity index (χ0) is 6.69. The summed E-state index contributed by atoms with van der Waals surface area (Å²) in [6, 6.07) is 1.92. The van der Waals surface area contributed by atoms with Gasteiger partial charge in [0, 0.05) is 12.1 Å². The summed E-state index contributed by atoms with van der Waals surface area (Å²) in [5.74, 6) is 0. The summed E-state index contributed by atoms with van der Waals surface area (Å²) >= 11 is 3.22. The number of nitrogens with zero attached hydrogens (tertiary/aromatic N) is 1. The molecule has 0 fully saturated rings. The molecule has 0 unspecified atom stereocenters. The van der Waals surface area contributed by atoms with Crippen molar-refractivity contribution in [3.05, 3.63) is 16.4 Å². The molecule has 1 heterocycles. The number of halogens is 1. The Bertz CT molecular complexity index is 184. The van der Waals surface area contributed by atoms with E-state index in [0.717, 1.165) is 16.7 Å². The van der Waals surface area contributed by atoms with Crippen molar-refractivity contribution >= 4 is 15.9 Å². The number of hydrogen-bond donors (Lipinski definition) is 2. The van der Waals surface area contributed by atoms with Gasteiger partial charge in [-0.2, -0.15) is 5.10 Å². The maximum Gasteiger partial charge on any atom is 0.128 e. The van der Waals surface area contributed by atoms with Crippen LogP contribution in [0.2, 0.25) is 0 Å². The molecule has 0 radical (unpaired) electrons. The average Bonchev–Trinajstić information content (AvgIpc) is 2.17. The van der Waals surface area contributed by atoms with Gasteiger partial charge in [0.15, 0.2) is 0 Å². The number of aromatic amines is 1. The van der Waals surface area contributed by atoms with Crippen molar-refractivity contribution in [3.63, 3.8) is 0 Å². The SMILES string of the molecule is NCCc1cc(Br)n[nH]1. The monoisotopic (exact) mass is 189 g/mol. The maximum atomic E-state index is 5.31.